The number of benzene rings is 1. The van der Waals surface area contributed by atoms with Gasteiger partial charge in [0.2, 0.25) is 0 Å². The largest absolute Gasteiger partial charge is 0.497 e. The van der Waals surface area contributed by atoms with Gasteiger partial charge in [0.05, 0.1) is 16.9 Å². The van der Waals surface area contributed by atoms with E-state index < -0.39 is 24.1 Å². The van der Waals surface area contributed by atoms with E-state index in [1.54, 1.807) is 6.07 Å². The summed E-state index contributed by atoms with van der Waals surface area (Å²) < 4.78 is 25.2. The normalized spacial score (nSPS) is 21.3. The van der Waals surface area contributed by atoms with Crippen molar-refractivity contribution in [1.29, 1.82) is 0 Å². The number of anilines is 1. The smallest absolute Gasteiger partial charge is 0.399 e. The van der Waals surface area contributed by atoms with Crippen LogP contribution in [0.15, 0.2) is 12.1 Å². The second-order valence-corrected chi connectivity index (χ2v) is 5.92. The lowest BCUT2D eigenvalue weighted by molar-refractivity contribution is 0.00578. The topological polar surface area (TPSA) is 44.5 Å². The van der Waals surface area contributed by atoms with Crippen LogP contribution in [0.5, 0.6) is 0 Å². The Morgan fingerprint density at radius 2 is 1.67 bits per heavy atom. The summed E-state index contributed by atoms with van der Waals surface area (Å²) >= 11 is 5.84. The van der Waals surface area contributed by atoms with Gasteiger partial charge in [-0.05, 0) is 39.8 Å². The molecule has 0 aromatic heterocycles. The zero-order valence-electron chi connectivity index (χ0n) is 10.9. The molecule has 1 heterocycles. The molecule has 3 nitrogen and oxygen atoms in total. The zero-order valence-corrected chi connectivity index (χ0v) is 11.6. The first kappa shape index (κ1) is 13.7. The van der Waals surface area contributed by atoms with E-state index in [4.69, 9.17) is 26.6 Å². The lowest BCUT2D eigenvalue weighted by atomic mass is 9.78. The van der Waals surface area contributed by atoms with Crippen LogP contribution in [-0.2, 0) is 9.31 Å². The zero-order chi connectivity index (χ0) is 13.7. The Balaban J connectivity index is 2.41. The molecule has 1 aliphatic heterocycles. The Morgan fingerprint density at radius 1 is 1.17 bits per heavy atom. The molecule has 2 N–H and O–H groups in total. The highest BCUT2D eigenvalue weighted by molar-refractivity contribution is 6.64. The quantitative estimate of drug-likeness (QED) is 0.630. The summed E-state index contributed by atoms with van der Waals surface area (Å²) in [7, 11) is -0.705. The predicted octanol–water partition coefficient (Wildman–Crippen LogP) is 2.36. The van der Waals surface area contributed by atoms with E-state index >= 15 is 0 Å². The summed E-state index contributed by atoms with van der Waals surface area (Å²) in [6, 6.07) is 2.74. The Labute approximate surface area is 112 Å². The van der Waals surface area contributed by atoms with E-state index in [-0.39, 0.29) is 10.7 Å². The fourth-order valence-corrected chi connectivity index (χ4v) is 1.98. The summed E-state index contributed by atoms with van der Waals surface area (Å²) in [4.78, 5) is 0. The Bertz CT molecular complexity index is 477. The molecule has 1 aromatic carbocycles. The van der Waals surface area contributed by atoms with E-state index in [1.807, 2.05) is 27.7 Å². The highest BCUT2D eigenvalue weighted by Gasteiger charge is 2.52. The van der Waals surface area contributed by atoms with Crippen molar-refractivity contribution in [3.63, 3.8) is 0 Å². The lowest BCUT2D eigenvalue weighted by Crippen LogP contribution is -2.41. The molecule has 1 saturated heterocycles. The number of halogens is 2. The van der Waals surface area contributed by atoms with Gasteiger partial charge in [-0.1, -0.05) is 11.6 Å². The highest BCUT2D eigenvalue weighted by Crippen LogP contribution is 2.37. The summed E-state index contributed by atoms with van der Waals surface area (Å²) in [5, 5.41) is 0.270. The van der Waals surface area contributed by atoms with Crippen LogP contribution in [0.2, 0.25) is 5.02 Å². The van der Waals surface area contributed by atoms with E-state index in [0.717, 1.165) is 0 Å². The van der Waals surface area contributed by atoms with E-state index in [2.05, 4.69) is 0 Å². The number of hydrogen-bond donors (Lipinski definition) is 1. The summed E-state index contributed by atoms with van der Waals surface area (Å²) in [6.45, 7) is 7.68. The first-order valence-electron chi connectivity index (χ1n) is 5.74. The second kappa shape index (κ2) is 4.12. The van der Waals surface area contributed by atoms with Crippen LogP contribution >= 0.6 is 11.6 Å². The van der Waals surface area contributed by atoms with Crippen LogP contribution in [0.3, 0.4) is 0 Å². The van der Waals surface area contributed by atoms with Crippen LogP contribution in [0.25, 0.3) is 0 Å². The highest BCUT2D eigenvalue weighted by atomic mass is 35.5. The number of nitrogen functional groups attached to an aromatic ring is 1. The van der Waals surface area contributed by atoms with Gasteiger partial charge in [-0.3, -0.25) is 0 Å². The summed E-state index contributed by atoms with van der Waals surface area (Å²) in [6.07, 6.45) is 0. The first-order valence-corrected chi connectivity index (χ1v) is 6.12. The van der Waals surface area contributed by atoms with Crippen LogP contribution in [-0.4, -0.2) is 18.3 Å². The van der Waals surface area contributed by atoms with Crippen molar-refractivity contribution < 1.29 is 13.7 Å². The van der Waals surface area contributed by atoms with Crippen molar-refractivity contribution in [2.75, 3.05) is 5.73 Å². The monoisotopic (exact) mass is 271 g/mol. The van der Waals surface area contributed by atoms with Gasteiger partial charge in [0, 0.05) is 10.5 Å². The van der Waals surface area contributed by atoms with Crippen molar-refractivity contribution in [2.45, 2.75) is 38.9 Å². The molecule has 1 aromatic rings. The molecule has 0 amide bonds. The fourth-order valence-electron chi connectivity index (χ4n) is 1.77. The van der Waals surface area contributed by atoms with Crippen LogP contribution in [0.4, 0.5) is 10.1 Å². The molecule has 0 saturated carbocycles. The SMILES string of the molecule is CC1(C)OB(c2cc(Cl)cc(F)c2N)OC1(C)C. The van der Waals surface area contributed by atoms with Crippen molar-refractivity contribution in [1.82, 2.24) is 0 Å². The van der Waals surface area contributed by atoms with Gasteiger partial charge >= 0.3 is 7.12 Å². The van der Waals surface area contributed by atoms with E-state index in [1.165, 1.54) is 6.07 Å². The molecule has 1 aliphatic rings. The van der Waals surface area contributed by atoms with Gasteiger partial charge in [-0.25, -0.2) is 4.39 Å². The average Bonchev–Trinajstić information content (AvgIpc) is 2.42. The van der Waals surface area contributed by atoms with Gasteiger partial charge in [0.15, 0.2) is 0 Å². The molecule has 1 fully saturated rings. The Morgan fingerprint density at radius 3 is 2.17 bits per heavy atom. The molecule has 2 rings (SSSR count). The minimum Gasteiger partial charge on any atom is -0.399 e. The molecule has 98 valence electrons. The molecular formula is C12H16BClFNO2. The fraction of sp³-hybridized carbons (Fsp3) is 0.500. The van der Waals surface area contributed by atoms with Gasteiger partial charge in [-0.2, -0.15) is 0 Å². The molecular weight excluding hydrogens is 255 g/mol. The third-order valence-electron chi connectivity index (χ3n) is 3.63. The maximum absolute atomic E-state index is 13.6. The minimum absolute atomic E-state index is 0.0119. The summed E-state index contributed by atoms with van der Waals surface area (Å²) in [5.41, 5.74) is 5.16. The van der Waals surface area contributed by atoms with Crippen LogP contribution < -0.4 is 11.2 Å². The van der Waals surface area contributed by atoms with Crippen molar-refractivity contribution in [3.8, 4) is 0 Å². The number of hydrogen-bond acceptors (Lipinski definition) is 3. The average molecular weight is 272 g/mol. The lowest BCUT2D eigenvalue weighted by Gasteiger charge is -2.32. The van der Waals surface area contributed by atoms with Gasteiger partial charge in [0.1, 0.15) is 5.82 Å². The minimum atomic E-state index is -0.705. The maximum Gasteiger partial charge on any atom is 0.497 e. The van der Waals surface area contributed by atoms with Gasteiger partial charge < -0.3 is 15.0 Å². The van der Waals surface area contributed by atoms with Gasteiger partial charge in [0.25, 0.3) is 0 Å². The molecule has 0 unspecified atom stereocenters. The van der Waals surface area contributed by atoms with Crippen molar-refractivity contribution in [3.05, 3.63) is 23.0 Å². The molecule has 0 radical (unpaired) electrons. The first-order chi connectivity index (χ1) is 8.14. The van der Waals surface area contributed by atoms with E-state index in [0.29, 0.717) is 5.46 Å². The maximum atomic E-state index is 13.6. The van der Waals surface area contributed by atoms with E-state index in [9.17, 15) is 4.39 Å². The molecule has 0 spiro atoms. The van der Waals surface area contributed by atoms with Crippen LogP contribution in [0.1, 0.15) is 27.7 Å². The second-order valence-electron chi connectivity index (χ2n) is 5.48. The standard InChI is InChI=1S/C12H16BClFNO2/c1-11(2)12(3,4)18-13(17-11)8-5-7(14)6-9(15)10(8)16/h5-6H,16H2,1-4H3. The number of nitrogens with two attached hydrogens (primary N) is 1. The molecule has 0 aliphatic carbocycles. The van der Waals surface area contributed by atoms with Crippen molar-refractivity contribution in [2.24, 2.45) is 0 Å². The third-order valence-corrected chi connectivity index (χ3v) is 3.85. The Kier molecular flexibility index (Phi) is 3.12. The molecule has 6 heteroatoms. The molecule has 0 atom stereocenters. The summed E-state index contributed by atoms with van der Waals surface area (Å²) in [5.74, 6) is -0.563. The predicted molar refractivity (Wildman–Crippen MR) is 71.5 cm³/mol. The van der Waals surface area contributed by atoms with Crippen LogP contribution in [0, 0.1) is 5.82 Å². The molecule has 18 heavy (non-hydrogen) atoms. The van der Waals surface area contributed by atoms with Gasteiger partial charge in [-0.15, -0.1) is 0 Å². The molecule has 0 bridgehead atoms. The van der Waals surface area contributed by atoms with Crippen molar-refractivity contribution >= 4 is 29.9 Å². The Hall–Kier alpha value is -0.775. The third kappa shape index (κ3) is 2.11. The number of rotatable bonds is 1.